The van der Waals surface area contributed by atoms with E-state index in [1.165, 1.54) is 14.2 Å². The fourth-order valence-corrected chi connectivity index (χ4v) is 4.95. The zero-order valence-electron chi connectivity index (χ0n) is 20.0. The van der Waals surface area contributed by atoms with Crippen molar-refractivity contribution in [3.05, 3.63) is 27.1 Å². The van der Waals surface area contributed by atoms with E-state index < -0.39 is 24.1 Å². The highest BCUT2D eigenvalue weighted by Gasteiger charge is 2.34. The fraction of sp³-hybridized carbons (Fsp3) is 0.524. The molecule has 3 heterocycles. The Morgan fingerprint density at radius 1 is 1.28 bits per heavy atom. The van der Waals surface area contributed by atoms with Crippen LogP contribution >= 0.6 is 34.5 Å². The summed E-state index contributed by atoms with van der Waals surface area (Å²) in [6.45, 7) is 4.46. The zero-order chi connectivity index (χ0) is 26.6. The number of aromatic nitrogens is 2. The van der Waals surface area contributed by atoms with Crippen LogP contribution in [-0.4, -0.2) is 85.1 Å². The number of nitrogens with zero attached hydrogens (tertiary/aromatic N) is 2. The van der Waals surface area contributed by atoms with E-state index in [4.69, 9.17) is 42.5 Å². The molecule has 1 saturated heterocycles. The van der Waals surface area contributed by atoms with Crippen LogP contribution in [0, 0.1) is 6.92 Å². The predicted octanol–water partition coefficient (Wildman–Crippen LogP) is 2.93. The molecule has 1 fully saturated rings. The monoisotopic (exact) mass is 563 g/mol. The normalized spacial score (nSPS) is 18.6. The van der Waals surface area contributed by atoms with E-state index in [1.54, 1.807) is 13.8 Å². The lowest BCUT2D eigenvalue weighted by molar-refractivity contribution is 0.0540. The molecule has 198 valence electrons. The largest absolute Gasteiger partial charge is 0.512 e. The summed E-state index contributed by atoms with van der Waals surface area (Å²) in [5, 5.41) is 15.3. The lowest BCUT2D eigenvalue weighted by atomic mass is 10.0. The molecule has 15 heteroatoms. The predicted molar refractivity (Wildman–Crippen MR) is 134 cm³/mol. The molecule has 0 saturated carbocycles. The van der Waals surface area contributed by atoms with E-state index in [0.717, 1.165) is 11.3 Å². The Hall–Kier alpha value is -2.58. The number of ether oxygens (including phenoxy) is 3. The maximum Gasteiger partial charge on any atom is 0.512 e. The molecule has 3 rings (SSSR count). The van der Waals surface area contributed by atoms with Crippen LogP contribution < -0.4 is 20.3 Å². The van der Waals surface area contributed by atoms with Crippen molar-refractivity contribution in [2.75, 3.05) is 38.8 Å². The molecule has 36 heavy (non-hydrogen) atoms. The maximum absolute atomic E-state index is 12.8. The van der Waals surface area contributed by atoms with Crippen LogP contribution in [-0.2, 0) is 9.47 Å². The molecule has 0 aliphatic carbocycles. The summed E-state index contributed by atoms with van der Waals surface area (Å²) < 4.78 is 15.5. The number of H-pyrrole nitrogens is 1. The van der Waals surface area contributed by atoms with Crippen molar-refractivity contribution in [1.29, 1.82) is 0 Å². The highest BCUT2D eigenvalue weighted by atomic mass is 35.5. The number of carboxylic acid groups (broad SMARTS) is 1. The minimum atomic E-state index is -1.56. The number of carbonyl (C=O) groups excluding carboxylic acids is 2. The number of aromatic amines is 1. The number of methoxy groups -OCH3 is 2. The molecule has 0 unspecified atom stereocenters. The number of hydrogen-bond donors (Lipinski definition) is 4. The van der Waals surface area contributed by atoms with Gasteiger partial charge < -0.3 is 39.8 Å². The number of aryl methyl sites for hydroxylation is 1. The Bertz CT molecular complexity index is 1120. The van der Waals surface area contributed by atoms with Crippen molar-refractivity contribution in [3.63, 3.8) is 0 Å². The Morgan fingerprint density at radius 2 is 2.00 bits per heavy atom. The van der Waals surface area contributed by atoms with Crippen molar-refractivity contribution in [3.8, 4) is 5.06 Å². The van der Waals surface area contributed by atoms with Gasteiger partial charge in [0, 0.05) is 39.5 Å². The topological polar surface area (TPSA) is 155 Å². The molecule has 3 atom stereocenters. The molecule has 0 bridgehead atoms. The van der Waals surface area contributed by atoms with Gasteiger partial charge in [0.2, 0.25) is 5.06 Å². The highest BCUT2D eigenvalue weighted by Crippen LogP contribution is 2.35. The quantitative estimate of drug-likeness (QED) is 0.337. The van der Waals surface area contributed by atoms with Gasteiger partial charge in [-0.25, -0.2) is 9.78 Å². The first-order valence-electron chi connectivity index (χ1n) is 10.9. The average Bonchev–Trinajstić information content (AvgIpc) is 3.38. The van der Waals surface area contributed by atoms with E-state index in [-0.39, 0.29) is 40.2 Å². The first-order valence-corrected chi connectivity index (χ1v) is 12.5. The Morgan fingerprint density at radius 3 is 2.58 bits per heavy atom. The van der Waals surface area contributed by atoms with E-state index in [9.17, 15) is 14.4 Å². The van der Waals surface area contributed by atoms with Crippen molar-refractivity contribution in [2.24, 2.45) is 0 Å². The summed E-state index contributed by atoms with van der Waals surface area (Å²) in [6.07, 6.45) is -1.75. The highest BCUT2D eigenvalue weighted by molar-refractivity contribution is 7.17. The Kier molecular flexibility index (Phi) is 9.41. The molecule has 2 amide bonds. The van der Waals surface area contributed by atoms with Crippen LogP contribution in [0.5, 0.6) is 5.06 Å². The molecule has 1 aliphatic heterocycles. The van der Waals surface area contributed by atoms with Gasteiger partial charge in [-0.3, -0.25) is 9.59 Å². The molecule has 1 aliphatic rings. The number of amides is 2. The number of thiazole rings is 1. The molecule has 0 spiro atoms. The number of halogens is 2. The summed E-state index contributed by atoms with van der Waals surface area (Å²) in [5.74, 6) is -0.994. The lowest BCUT2D eigenvalue weighted by Crippen LogP contribution is -2.55. The number of nitrogens with one attached hydrogen (secondary N) is 3. The Balaban J connectivity index is 1.73. The maximum atomic E-state index is 12.8. The van der Waals surface area contributed by atoms with Crippen molar-refractivity contribution in [1.82, 2.24) is 20.6 Å². The third-order valence-corrected chi connectivity index (χ3v) is 7.60. The van der Waals surface area contributed by atoms with Crippen LogP contribution in [0.15, 0.2) is 0 Å². The zero-order valence-corrected chi connectivity index (χ0v) is 22.3. The fourth-order valence-electron chi connectivity index (χ4n) is 3.59. The minimum absolute atomic E-state index is 0.140. The number of anilines is 1. The number of piperidine rings is 1. The van der Waals surface area contributed by atoms with Gasteiger partial charge in [0.15, 0.2) is 10.8 Å². The van der Waals surface area contributed by atoms with Gasteiger partial charge in [-0.2, -0.15) is 0 Å². The van der Waals surface area contributed by atoms with Crippen LogP contribution in [0.2, 0.25) is 10.0 Å². The van der Waals surface area contributed by atoms with E-state index in [0.29, 0.717) is 35.4 Å². The average molecular weight is 564 g/mol. The molecule has 2 aromatic rings. The first-order chi connectivity index (χ1) is 17.0. The smallest absolute Gasteiger partial charge is 0.449 e. The van der Waals surface area contributed by atoms with E-state index >= 15 is 0 Å². The molecule has 0 aromatic carbocycles. The van der Waals surface area contributed by atoms with Gasteiger partial charge in [0.1, 0.15) is 5.69 Å². The van der Waals surface area contributed by atoms with Gasteiger partial charge in [0.05, 0.1) is 28.3 Å². The molecule has 12 nitrogen and oxygen atoms in total. The molecular formula is C21H27Cl2N5O7S. The summed E-state index contributed by atoms with van der Waals surface area (Å²) in [5.41, 5.74) is 0.619. The lowest BCUT2D eigenvalue weighted by Gasteiger charge is -2.37. The SMILES string of the molecule is CO[C@H]1CN(c2nc(C(=O)NC[C@H](C)OC)c(OC(=O)O)s2)CC[C@H]1NC(=O)c1[nH]c(C)c(Cl)c1Cl. The number of carbonyl (C=O) groups is 3. The second kappa shape index (κ2) is 12.1. The number of rotatable bonds is 9. The molecule has 2 aromatic heterocycles. The minimum Gasteiger partial charge on any atom is -0.449 e. The van der Waals surface area contributed by atoms with Crippen LogP contribution in [0.25, 0.3) is 0 Å². The summed E-state index contributed by atoms with van der Waals surface area (Å²) in [4.78, 5) is 45.6. The molecule has 0 radical (unpaired) electrons. The van der Waals surface area contributed by atoms with Crippen LogP contribution in [0.3, 0.4) is 0 Å². The van der Waals surface area contributed by atoms with E-state index in [1.807, 2.05) is 4.90 Å². The van der Waals surface area contributed by atoms with Crippen molar-refractivity contribution < 1.29 is 33.7 Å². The summed E-state index contributed by atoms with van der Waals surface area (Å²) >= 11 is 13.2. The number of hydrogen-bond acceptors (Lipinski definition) is 9. The van der Waals surface area contributed by atoms with E-state index in [2.05, 4.69) is 20.6 Å². The standard InChI is InChI=1S/C21H27Cl2N5O7S/c1-9(33-3)7-24-17(29)16-19(35-21(31)32)36-20(27-16)28-6-5-11(12(8-28)34-4)26-18(30)15-14(23)13(22)10(2)25-15/h9,11-12,25H,5-8H2,1-4H3,(H,24,29)(H,26,30)(H,31,32)/t9-,11+,12-/m0/s1. The van der Waals surface area contributed by atoms with Gasteiger partial charge in [-0.05, 0) is 20.3 Å². The second-order valence-corrected chi connectivity index (χ2v) is 9.79. The Labute approximate surface area is 221 Å². The van der Waals surface area contributed by atoms with Gasteiger partial charge in [0.25, 0.3) is 11.8 Å². The van der Waals surface area contributed by atoms with Gasteiger partial charge in [-0.1, -0.05) is 34.5 Å². The van der Waals surface area contributed by atoms with Crippen molar-refractivity contribution in [2.45, 2.75) is 38.5 Å². The van der Waals surface area contributed by atoms with Crippen LogP contribution in [0.4, 0.5) is 9.93 Å². The van der Waals surface area contributed by atoms with Crippen molar-refractivity contribution >= 4 is 57.6 Å². The second-order valence-electron chi connectivity index (χ2n) is 8.10. The van der Waals surface area contributed by atoms with Crippen LogP contribution in [0.1, 0.15) is 40.0 Å². The van der Waals surface area contributed by atoms with Gasteiger partial charge >= 0.3 is 6.16 Å². The molecule has 4 N–H and O–H groups in total. The third kappa shape index (κ3) is 6.40. The summed E-state index contributed by atoms with van der Waals surface area (Å²) in [6, 6.07) is -0.342. The molecular weight excluding hydrogens is 537 g/mol. The first kappa shape index (κ1) is 28.0. The van der Waals surface area contributed by atoms with Gasteiger partial charge in [-0.15, -0.1) is 0 Å². The summed E-state index contributed by atoms with van der Waals surface area (Å²) in [7, 11) is 3.03. The third-order valence-electron chi connectivity index (χ3n) is 5.66.